The lowest BCUT2D eigenvalue weighted by Gasteiger charge is -2.08. The van der Waals surface area contributed by atoms with Gasteiger partial charge in [-0.05, 0) is 36.8 Å². The molecular weight excluding hydrogens is 281 g/mol. The molecule has 0 spiro atoms. The number of carbonyl (C=O) groups is 1. The van der Waals surface area contributed by atoms with Gasteiger partial charge in [0.25, 0.3) is 5.91 Å². The number of nitrogens with zero attached hydrogens (tertiary/aromatic N) is 1. The first kappa shape index (κ1) is 14.3. The van der Waals surface area contributed by atoms with E-state index >= 15 is 0 Å². The number of aryl methyl sites for hydroxylation is 1. The van der Waals surface area contributed by atoms with Gasteiger partial charge in [-0.25, -0.2) is 9.37 Å². The van der Waals surface area contributed by atoms with Crippen LogP contribution in [0.4, 0.5) is 15.9 Å². The van der Waals surface area contributed by atoms with Gasteiger partial charge in [0, 0.05) is 18.9 Å². The summed E-state index contributed by atoms with van der Waals surface area (Å²) in [5.74, 6) is -0.307. The molecule has 0 aliphatic heterocycles. The van der Waals surface area contributed by atoms with Crippen molar-refractivity contribution in [2.75, 3.05) is 17.7 Å². The Hall–Kier alpha value is -2.14. The van der Waals surface area contributed by atoms with Crippen LogP contribution in [0.15, 0.2) is 30.5 Å². The zero-order valence-corrected chi connectivity index (χ0v) is 11.8. The Bertz CT molecular complexity index is 641. The lowest BCUT2D eigenvalue weighted by atomic mass is 10.2. The molecule has 0 saturated heterocycles. The van der Waals surface area contributed by atoms with Crippen LogP contribution in [-0.4, -0.2) is 17.9 Å². The van der Waals surface area contributed by atoms with Gasteiger partial charge in [0.15, 0.2) is 0 Å². The summed E-state index contributed by atoms with van der Waals surface area (Å²) < 4.78 is 13.3. The van der Waals surface area contributed by atoms with Crippen molar-refractivity contribution in [3.05, 3.63) is 52.4 Å². The van der Waals surface area contributed by atoms with E-state index in [1.165, 1.54) is 24.4 Å². The lowest BCUT2D eigenvalue weighted by molar-refractivity contribution is 0.102. The zero-order chi connectivity index (χ0) is 14.7. The molecule has 0 bridgehead atoms. The molecule has 1 aromatic carbocycles. The predicted octanol–water partition coefficient (Wildman–Crippen LogP) is 3.48. The van der Waals surface area contributed by atoms with Crippen molar-refractivity contribution >= 4 is 29.0 Å². The second-order valence-electron chi connectivity index (χ2n) is 4.28. The van der Waals surface area contributed by atoms with Crippen LogP contribution >= 0.6 is 11.6 Å². The Kier molecular flexibility index (Phi) is 4.20. The minimum atomic E-state index is -0.401. The number of pyridine rings is 1. The number of rotatable bonds is 3. The monoisotopic (exact) mass is 293 g/mol. The predicted molar refractivity (Wildman–Crippen MR) is 77.9 cm³/mol. The van der Waals surface area contributed by atoms with Gasteiger partial charge in [-0.2, -0.15) is 0 Å². The summed E-state index contributed by atoms with van der Waals surface area (Å²) in [5, 5.41) is 5.75. The average molecular weight is 294 g/mol. The maximum absolute atomic E-state index is 13.3. The van der Waals surface area contributed by atoms with Crippen LogP contribution in [0.1, 0.15) is 15.9 Å². The molecule has 0 aliphatic carbocycles. The van der Waals surface area contributed by atoms with Gasteiger partial charge in [0.05, 0.1) is 10.6 Å². The van der Waals surface area contributed by atoms with E-state index in [2.05, 4.69) is 15.6 Å². The molecular formula is C14H13ClFN3O. The Morgan fingerprint density at radius 2 is 2.05 bits per heavy atom. The maximum atomic E-state index is 13.3. The van der Waals surface area contributed by atoms with E-state index in [1.807, 2.05) is 0 Å². The molecule has 2 N–H and O–H groups in total. The molecule has 1 heterocycles. The molecule has 20 heavy (non-hydrogen) atoms. The Labute approximate surface area is 121 Å². The second-order valence-corrected chi connectivity index (χ2v) is 4.68. The molecule has 1 aromatic heterocycles. The smallest absolute Gasteiger partial charge is 0.257 e. The summed E-state index contributed by atoms with van der Waals surface area (Å²) in [6.45, 7) is 1.75. The number of nitrogens with one attached hydrogen (secondary N) is 2. The zero-order valence-electron chi connectivity index (χ0n) is 11.0. The number of benzene rings is 1. The van der Waals surface area contributed by atoms with Crippen molar-refractivity contribution in [2.45, 2.75) is 6.92 Å². The average Bonchev–Trinajstić information content (AvgIpc) is 2.37. The number of halogens is 2. The SMILES string of the molecule is CNc1ncc(C(=O)Nc2cc(C)cc(F)c2)cc1Cl. The van der Waals surface area contributed by atoms with E-state index in [1.54, 1.807) is 20.0 Å². The third-order valence-electron chi connectivity index (χ3n) is 2.64. The first-order valence-electron chi connectivity index (χ1n) is 5.91. The van der Waals surface area contributed by atoms with Crippen molar-refractivity contribution in [2.24, 2.45) is 0 Å². The largest absolute Gasteiger partial charge is 0.372 e. The number of hydrogen-bond donors (Lipinski definition) is 2. The van der Waals surface area contributed by atoms with Crippen molar-refractivity contribution < 1.29 is 9.18 Å². The highest BCUT2D eigenvalue weighted by Crippen LogP contribution is 2.20. The van der Waals surface area contributed by atoms with Crippen molar-refractivity contribution in [1.82, 2.24) is 4.98 Å². The molecule has 0 fully saturated rings. The summed E-state index contributed by atoms with van der Waals surface area (Å²) >= 11 is 5.96. The fourth-order valence-electron chi connectivity index (χ4n) is 1.76. The molecule has 6 heteroatoms. The fraction of sp³-hybridized carbons (Fsp3) is 0.143. The molecule has 2 aromatic rings. The highest BCUT2D eigenvalue weighted by Gasteiger charge is 2.10. The van der Waals surface area contributed by atoms with Gasteiger partial charge in [-0.15, -0.1) is 0 Å². The first-order chi connectivity index (χ1) is 9.49. The lowest BCUT2D eigenvalue weighted by Crippen LogP contribution is -2.13. The quantitative estimate of drug-likeness (QED) is 0.911. The highest BCUT2D eigenvalue weighted by atomic mass is 35.5. The summed E-state index contributed by atoms with van der Waals surface area (Å²) in [5.41, 5.74) is 1.42. The van der Waals surface area contributed by atoms with Crippen LogP contribution in [0.25, 0.3) is 0 Å². The molecule has 2 rings (SSSR count). The van der Waals surface area contributed by atoms with Crippen LogP contribution in [0.3, 0.4) is 0 Å². The second kappa shape index (κ2) is 5.88. The third kappa shape index (κ3) is 3.24. The van der Waals surface area contributed by atoms with E-state index in [0.29, 0.717) is 22.1 Å². The van der Waals surface area contributed by atoms with E-state index in [-0.39, 0.29) is 0 Å². The van der Waals surface area contributed by atoms with Crippen LogP contribution < -0.4 is 10.6 Å². The van der Waals surface area contributed by atoms with E-state index < -0.39 is 11.7 Å². The summed E-state index contributed by atoms with van der Waals surface area (Å²) in [6.07, 6.45) is 1.40. The number of hydrogen-bond acceptors (Lipinski definition) is 3. The van der Waals surface area contributed by atoms with Crippen molar-refractivity contribution in [3.63, 3.8) is 0 Å². The van der Waals surface area contributed by atoms with E-state index in [9.17, 15) is 9.18 Å². The van der Waals surface area contributed by atoms with Crippen LogP contribution in [0, 0.1) is 12.7 Å². The minimum Gasteiger partial charge on any atom is -0.372 e. The molecule has 104 valence electrons. The molecule has 0 aliphatic rings. The number of aromatic nitrogens is 1. The summed E-state index contributed by atoms with van der Waals surface area (Å²) in [7, 11) is 1.68. The third-order valence-corrected chi connectivity index (χ3v) is 2.93. The minimum absolute atomic E-state index is 0.302. The molecule has 0 atom stereocenters. The normalized spacial score (nSPS) is 10.2. The molecule has 0 saturated carbocycles. The van der Waals surface area contributed by atoms with Gasteiger partial charge in [-0.1, -0.05) is 11.6 Å². The van der Waals surface area contributed by atoms with E-state index in [4.69, 9.17) is 11.6 Å². The van der Waals surface area contributed by atoms with Crippen LogP contribution in [0.5, 0.6) is 0 Å². The molecule has 0 radical (unpaired) electrons. The first-order valence-corrected chi connectivity index (χ1v) is 6.29. The Morgan fingerprint density at radius 3 is 2.65 bits per heavy atom. The Balaban J connectivity index is 2.21. The standard InChI is InChI=1S/C14H13ClFN3O/c1-8-3-10(16)6-11(4-8)19-14(20)9-5-12(15)13(17-2)18-7-9/h3-7H,1-2H3,(H,17,18)(H,19,20). The highest BCUT2D eigenvalue weighted by molar-refractivity contribution is 6.33. The fourth-order valence-corrected chi connectivity index (χ4v) is 2.02. The van der Waals surface area contributed by atoms with Crippen molar-refractivity contribution in [3.8, 4) is 0 Å². The summed E-state index contributed by atoms with van der Waals surface area (Å²) in [6, 6.07) is 5.82. The number of anilines is 2. The molecule has 1 amide bonds. The van der Waals surface area contributed by atoms with Crippen LogP contribution in [-0.2, 0) is 0 Å². The number of amides is 1. The maximum Gasteiger partial charge on any atom is 0.257 e. The van der Waals surface area contributed by atoms with Gasteiger partial charge in [-0.3, -0.25) is 4.79 Å². The molecule has 0 unspecified atom stereocenters. The van der Waals surface area contributed by atoms with Gasteiger partial charge in [0.2, 0.25) is 0 Å². The van der Waals surface area contributed by atoms with Crippen molar-refractivity contribution in [1.29, 1.82) is 0 Å². The van der Waals surface area contributed by atoms with E-state index in [0.717, 1.165) is 5.56 Å². The van der Waals surface area contributed by atoms with Crippen LogP contribution in [0.2, 0.25) is 5.02 Å². The van der Waals surface area contributed by atoms with Gasteiger partial charge in [0.1, 0.15) is 11.6 Å². The number of carbonyl (C=O) groups excluding carboxylic acids is 1. The molecule has 4 nitrogen and oxygen atoms in total. The summed E-state index contributed by atoms with van der Waals surface area (Å²) in [4.78, 5) is 16.1. The van der Waals surface area contributed by atoms with Gasteiger partial charge < -0.3 is 10.6 Å². The Morgan fingerprint density at radius 1 is 1.30 bits per heavy atom. The topological polar surface area (TPSA) is 54.0 Å². The van der Waals surface area contributed by atoms with Gasteiger partial charge >= 0.3 is 0 Å².